The van der Waals surface area contributed by atoms with Crippen LogP contribution in [0.25, 0.3) is 22.5 Å². The van der Waals surface area contributed by atoms with Crippen LogP contribution in [0.2, 0.25) is 0 Å². The fourth-order valence-corrected chi connectivity index (χ4v) is 4.56. The van der Waals surface area contributed by atoms with Gasteiger partial charge in [-0.3, -0.25) is 14.7 Å². The standard InChI is InChI=1S/C25H27N3O2/c1-2-27-11-13-28(14-12-27)17-21-16-23(18-7-9-26-10-8-18)25(30-21)20-3-5-22-19(15-20)4-6-24(22)29/h3,5,7-10,15-16H,2,4,6,11-14,17H2,1H3. The van der Waals surface area contributed by atoms with Crippen molar-refractivity contribution in [2.75, 3.05) is 32.7 Å². The van der Waals surface area contributed by atoms with Crippen molar-refractivity contribution in [1.82, 2.24) is 14.8 Å². The predicted molar refractivity (Wildman–Crippen MR) is 117 cm³/mol. The zero-order valence-corrected chi connectivity index (χ0v) is 17.4. The molecule has 2 aromatic heterocycles. The second kappa shape index (κ2) is 8.17. The quantitative estimate of drug-likeness (QED) is 0.639. The van der Waals surface area contributed by atoms with Gasteiger partial charge in [0.15, 0.2) is 5.78 Å². The second-order valence-corrected chi connectivity index (χ2v) is 8.20. The maximum atomic E-state index is 12.0. The van der Waals surface area contributed by atoms with Gasteiger partial charge in [-0.1, -0.05) is 19.1 Å². The van der Waals surface area contributed by atoms with Crippen LogP contribution in [0.4, 0.5) is 0 Å². The van der Waals surface area contributed by atoms with Crippen LogP contribution in [0.1, 0.15) is 35.0 Å². The number of rotatable bonds is 5. The smallest absolute Gasteiger partial charge is 0.163 e. The average Bonchev–Trinajstić information content (AvgIpc) is 3.38. The molecule has 3 heterocycles. The molecule has 154 valence electrons. The number of pyridine rings is 1. The maximum Gasteiger partial charge on any atom is 0.163 e. The van der Waals surface area contributed by atoms with Crippen molar-refractivity contribution in [3.8, 4) is 22.5 Å². The molecule has 1 aliphatic heterocycles. The third-order valence-electron chi connectivity index (χ3n) is 6.36. The Bertz CT molecular complexity index is 1050. The van der Waals surface area contributed by atoms with Gasteiger partial charge in [-0.25, -0.2) is 0 Å². The Kier molecular flexibility index (Phi) is 5.23. The third kappa shape index (κ3) is 3.71. The van der Waals surface area contributed by atoms with Crippen molar-refractivity contribution in [2.45, 2.75) is 26.3 Å². The number of aromatic nitrogens is 1. The molecule has 1 aromatic carbocycles. The Labute approximate surface area is 177 Å². The van der Waals surface area contributed by atoms with Gasteiger partial charge in [-0.05, 0) is 48.4 Å². The highest BCUT2D eigenvalue weighted by atomic mass is 16.3. The van der Waals surface area contributed by atoms with E-state index >= 15 is 0 Å². The van der Waals surface area contributed by atoms with Crippen LogP contribution in [0.3, 0.4) is 0 Å². The first-order valence-electron chi connectivity index (χ1n) is 10.9. The fourth-order valence-electron chi connectivity index (χ4n) is 4.56. The molecule has 1 aliphatic carbocycles. The molecule has 5 nitrogen and oxygen atoms in total. The predicted octanol–water partition coefficient (Wildman–Crippen LogP) is 4.28. The largest absolute Gasteiger partial charge is 0.459 e. The summed E-state index contributed by atoms with van der Waals surface area (Å²) in [6.45, 7) is 8.51. The highest BCUT2D eigenvalue weighted by Gasteiger charge is 2.23. The van der Waals surface area contributed by atoms with Gasteiger partial charge in [0.2, 0.25) is 0 Å². The SMILES string of the molecule is CCN1CCN(Cc2cc(-c3ccncc3)c(-c3ccc4c(c3)CCC4=O)o2)CC1. The van der Waals surface area contributed by atoms with Crippen molar-refractivity contribution in [1.29, 1.82) is 0 Å². The van der Waals surface area contributed by atoms with E-state index in [4.69, 9.17) is 4.42 Å². The summed E-state index contributed by atoms with van der Waals surface area (Å²) in [5, 5.41) is 0. The van der Waals surface area contributed by atoms with E-state index < -0.39 is 0 Å². The Morgan fingerprint density at radius 1 is 0.900 bits per heavy atom. The molecule has 0 saturated carbocycles. The Morgan fingerprint density at radius 2 is 1.67 bits per heavy atom. The topological polar surface area (TPSA) is 49.6 Å². The van der Waals surface area contributed by atoms with Gasteiger partial charge >= 0.3 is 0 Å². The normalized spacial score (nSPS) is 17.4. The zero-order chi connectivity index (χ0) is 20.5. The van der Waals surface area contributed by atoms with E-state index in [1.54, 1.807) is 0 Å². The number of hydrogen-bond acceptors (Lipinski definition) is 5. The Morgan fingerprint density at radius 3 is 2.43 bits per heavy atom. The molecule has 5 heteroatoms. The van der Waals surface area contributed by atoms with Crippen LogP contribution >= 0.6 is 0 Å². The summed E-state index contributed by atoms with van der Waals surface area (Å²) in [4.78, 5) is 21.1. The summed E-state index contributed by atoms with van der Waals surface area (Å²) >= 11 is 0. The first-order valence-corrected chi connectivity index (χ1v) is 10.9. The minimum atomic E-state index is 0.247. The number of carbonyl (C=O) groups excluding carboxylic acids is 1. The molecular formula is C25H27N3O2. The summed E-state index contributed by atoms with van der Waals surface area (Å²) in [5.41, 5.74) is 5.22. The number of piperazine rings is 1. The highest BCUT2D eigenvalue weighted by molar-refractivity contribution is 6.01. The summed E-state index contributed by atoms with van der Waals surface area (Å²) in [6, 6.07) is 12.3. The van der Waals surface area contributed by atoms with E-state index in [-0.39, 0.29) is 5.78 Å². The van der Waals surface area contributed by atoms with Gasteiger partial charge < -0.3 is 9.32 Å². The van der Waals surface area contributed by atoms with E-state index in [1.807, 2.05) is 36.7 Å². The number of furan rings is 1. The molecule has 0 radical (unpaired) electrons. The molecule has 1 saturated heterocycles. The number of ketones is 1. The van der Waals surface area contributed by atoms with Crippen LogP contribution in [0.5, 0.6) is 0 Å². The lowest BCUT2D eigenvalue weighted by atomic mass is 9.99. The maximum absolute atomic E-state index is 12.0. The highest BCUT2D eigenvalue weighted by Crippen LogP contribution is 2.37. The minimum Gasteiger partial charge on any atom is -0.459 e. The average molecular weight is 402 g/mol. The Balaban J connectivity index is 1.48. The molecule has 5 rings (SSSR count). The number of nitrogens with zero attached hydrogens (tertiary/aromatic N) is 3. The van der Waals surface area contributed by atoms with Crippen LogP contribution in [-0.4, -0.2) is 53.3 Å². The van der Waals surface area contributed by atoms with Crippen molar-refractivity contribution >= 4 is 5.78 Å². The molecular weight excluding hydrogens is 374 g/mol. The van der Waals surface area contributed by atoms with Gasteiger partial charge in [0.25, 0.3) is 0 Å². The molecule has 0 amide bonds. The fraction of sp³-hybridized carbons (Fsp3) is 0.360. The van der Waals surface area contributed by atoms with Gasteiger partial charge in [0, 0.05) is 61.7 Å². The van der Waals surface area contributed by atoms with Crippen molar-refractivity contribution in [3.05, 3.63) is 65.7 Å². The zero-order valence-electron chi connectivity index (χ0n) is 17.4. The van der Waals surface area contributed by atoms with Crippen molar-refractivity contribution in [2.24, 2.45) is 0 Å². The minimum absolute atomic E-state index is 0.247. The first kappa shape index (κ1) is 19.2. The van der Waals surface area contributed by atoms with Gasteiger partial charge in [-0.2, -0.15) is 0 Å². The van der Waals surface area contributed by atoms with E-state index in [1.165, 1.54) is 0 Å². The van der Waals surface area contributed by atoms with E-state index in [0.29, 0.717) is 6.42 Å². The molecule has 0 spiro atoms. The molecule has 30 heavy (non-hydrogen) atoms. The Hall–Kier alpha value is -2.76. The number of hydrogen-bond donors (Lipinski definition) is 0. The number of carbonyl (C=O) groups is 1. The van der Waals surface area contributed by atoms with E-state index in [2.05, 4.69) is 33.8 Å². The molecule has 0 atom stereocenters. The van der Waals surface area contributed by atoms with Crippen LogP contribution in [0.15, 0.2) is 53.2 Å². The lowest BCUT2D eigenvalue weighted by Gasteiger charge is -2.33. The summed E-state index contributed by atoms with van der Waals surface area (Å²) in [6.07, 6.45) is 5.07. The number of aryl methyl sites for hydroxylation is 1. The lowest BCUT2D eigenvalue weighted by Crippen LogP contribution is -2.45. The lowest BCUT2D eigenvalue weighted by molar-refractivity contribution is 0.0994. The molecule has 1 fully saturated rings. The van der Waals surface area contributed by atoms with Crippen molar-refractivity contribution < 1.29 is 9.21 Å². The van der Waals surface area contributed by atoms with Crippen LogP contribution in [-0.2, 0) is 13.0 Å². The number of Topliss-reactive ketones (excluding diaryl/α,β-unsaturated/α-hetero) is 1. The van der Waals surface area contributed by atoms with Gasteiger partial charge in [0.05, 0.1) is 6.54 Å². The van der Waals surface area contributed by atoms with Gasteiger partial charge in [0.1, 0.15) is 11.5 Å². The second-order valence-electron chi connectivity index (χ2n) is 8.20. The molecule has 2 aliphatic rings. The molecule has 0 bridgehead atoms. The van der Waals surface area contributed by atoms with Gasteiger partial charge in [-0.15, -0.1) is 0 Å². The van der Waals surface area contributed by atoms with Crippen LogP contribution in [0, 0.1) is 0 Å². The number of likely N-dealkylation sites (N-methyl/N-ethyl adjacent to an activating group) is 1. The third-order valence-corrected chi connectivity index (χ3v) is 6.36. The first-order chi connectivity index (χ1) is 14.7. The molecule has 0 N–H and O–H groups in total. The number of fused-ring (bicyclic) bond motifs is 1. The van der Waals surface area contributed by atoms with E-state index in [0.717, 1.165) is 85.0 Å². The monoisotopic (exact) mass is 401 g/mol. The number of benzene rings is 1. The summed E-state index contributed by atoms with van der Waals surface area (Å²) < 4.78 is 6.44. The molecule has 0 unspecified atom stereocenters. The van der Waals surface area contributed by atoms with E-state index in [9.17, 15) is 4.79 Å². The summed E-state index contributed by atoms with van der Waals surface area (Å²) in [5.74, 6) is 2.11. The molecule has 3 aromatic rings. The van der Waals surface area contributed by atoms with Crippen LogP contribution < -0.4 is 0 Å². The summed E-state index contributed by atoms with van der Waals surface area (Å²) in [7, 11) is 0. The van der Waals surface area contributed by atoms with Crippen molar-refractivity contribution in [3.63, 3.8) is 0 Å².